The topological polar surface area (TPSA) is 98.5 Å². The highest BCUT2D eigenvalue weighted by atomic mass is 32.2. The van der Waals surface area contributed by atoms with E-state index in [1.807, 2.05) is 37.3 Å². The van der Waals surface area contributed by atoms with Gasteiger partial charge in [-0.05, 0) is 36.8 Å². The summed E-state index contributed by atoms with van der Waals surface area (Å²) in [5.74, 6) is 0.853. The Morgan fingerprint density at radius 3 is 2.39 bits per heavy atom. The molecule has 0 amide bonds. The van der Waals surface area contributed by atoms with Crippen LogP contribution in [-0.2, 0) is 17.2 Å². The second-order valence-electron chi connectivity index (χ2n) is 5.04. The Morgan fingerprint density at radius 1 is 1.22 bits per heavy atom. The molecule has 3 N–H and O–H groups in total. The predicted octanol–water partition coefficient (Wildman–Crippen LogP) is 3.11. The lowest BCUT2D eigenvalue weighted by molar-refractivity contribution is 0.483. The summed E-state index contributed by atoms with van der Waals surface area (Å²) >= 11 is 0. The molecule has 0 radical (unpaired) electrons. The first-order chi connectivity index (χ1) is 10.8. The third kappa shape index (κ3) is 4.48. The predicted molar refractivity (Wildman–Crippen MR) is 88.5 cm³/mol. The van der Waals surface area contributed by atoms with Gasteiger partial charge < -0.3 is 14.7 Å². The molecule has 6 nitrogen and oxygen atoms in total. The van der Waals surface area contributed by atoms with Crippen LogP contribution in [0.2, 0.25) is 0 Å². The van der Waals surface area contributed by atoms with Gasteiger partial charge in [-0.15, -0.1) is 0 Å². The fourth-order valence-corrected chi connectivity index (χ4v) is 2.40. The molecule has 0 saturated carbocycles. The first-order valence-corrected chi connectivity index (χ1v) is 8.21. The zero-order chi connectivity index (χ0) is 17.0. The molecule has 0 aliphatic heterocycles. The Labute approximate surface area is 134 Å². The minimum absolute atomic E-state index is 0.0741. The number of benzene rings is 1. The molecule has 0 fully saturated rings. The molecule has 0 unspecified atom stereocenters. The molecule has 0 bridgehead atoms. The molecule has 0 atom stereocenters. The average Bonchev–Trinajstić information content (AvgIpc) is 3.13. The molecule has 0 saturated heterocycles. The van der Waals surface area contributed by atoms with Crippen LogP contribution in [-0.4, -0.2) is 17.5 Å². The number of nitrogens with zero attached hydrogens (tertiary/aromatic N) is 1. The highest BCUT2D eigenvalue weighted by Crippen LogP contribution is 2.23. The second kappa shape index (κ2) is 6.72. The van der Waals surface area contributed by atoms with Gasteiger partial charge in [-0.3, -0.25) is 4.55 Å². The van der Waals surface area contributed by atoms with Crippen LogP contribution in [0.1, 0.15) is 5.56 Å². The van der Waals surface area contributed by atoms with Gasteiger partial charge in [0.1, 0.15) is 10.7 Å². The number of furan rings is 1. The number of anilines is 1. The number of hydrogen-bond donors (Lipinski definition) is 2. The first kappa shape index (κ1) is 16.9. The lowest BCUT2D eigenvalue weighted by Crippen LogP contribution is -1.95. The van der Waals surface area contributed by atoms with Gasteiger partial charge in [0, 0.05) is 30.7 Å². The molecule has 1 aromatic carbocycles. The molecule has 3 aromatic rings. The van der Waals surface area contributed by atoms with Crippen molar-refractivity contribution >= 4 is 15.8 Å². The highest BCUT2D eigenvalue weighted by Gasteiger charge is 2.08. The summed E-state index contributed by atoms with van der Waals surface area (Å²) in [5.41, 5.74) is 8.70. The van der Waals surface area contributed by atoms with Crippen molar-refractivity contribution in [2.24, 2.45) is 7.05 Å². The summed E-state index contributed by atoms with van der Waals surface area (Å²) < 4.78 is 36.0. The molecule has 7 heteroatoms. The number of aromatic nitrogens is 1. The SMILES string of the molecule is Cc1ccc(-c2ccco2)cc1N.Cn1ccc(S(=O)(=O)O)c1. The summed E-state index contributed by atoms with van der Waals surface area (Å²) in [6.45, 7) is 1.99. The molecule has 2 heterocycles. The van der Waals surface area contributed by atoms with E-state index in [0.717, 1.165) is 22.6 Å². The Morgan fingerprint density at radius 2 is 1.96 bits per heavy atom. The fraction of sp³-hybridized carbons (Fsp3) is 0.125. The van der Waals surface area contributed by atoms with E-state index in [9.17, 15) is 8.42 Å². The van der Waals surface area contributed by atoms with Gasteiger partial charge in [0.2, 0.25) is 0 Å². The van der Waals surface area contributed by atoms with Crippen LogP contribution in [0.25, 0.3) is 11.3 Å². The van der Waals surface area contributed by atoms with Crippen LogP contribution < -0.4 is 5.73 Å². The van der Waals surface area contributed by atoms with Crippen molar-refractivity contribution in [3.63, 3.8) is 0 Å². The molecular formula is C16H18N2O4S. The largest absolute Gasteiger partial charge is 0.464 e. The summed E-state index contributed by atoms with van der Waals surface area (Å²) in [4.78, 5) is -0.0741. The maximum atomic E-state index is 10.4. The fourth-order valence-electron chi connectivity index (χ4n) is 1.87. The summed E-state index contributed by atoms with van der Waals surface area (Å²) in [5, 5.41) is 0. The third-order valence-electron chi connectivity index (χ3n) is 3.19. The molecule has 0 aliphatic rings. The standard InChI is InChI=1S/C11H11NO.C5H7NO3S/c1-8-4-5-9(7-10(8)12)11-3-2-6-13-11;1-6-3-2-5(4-6)10(7,8)9/h2-7H,12H2,1H3;2-4H,1H3,(H,7,8,9). The van der Waals surface area contributed by atoms with Crippen LogP contribution in [0.3, 0.4) is 0 Å². The number of nitrogens with two attached hydrogens (primary N) is 1. The lowest BCUT2D eigenvalue weighted by atomic mass is 10.1. The molecule has 122 valence electrons. The maximum Gasteiger partial charge on any atom is 0.296 e. The van der Waals surface area contributed by atoms with Crippen molar-refractivity contribution < 1.29 is 17.4 Å². The monoisotopic (exact) mass is 334 g/mol. The van der Waals surface area contributed by atoms with Crippen LogP contribution in [0.5, 0.6) is 0 Å². The van der Waals surface area contributed by atoms with E-state index in [1.54, 1.807) is 24.1 Å². The molecular weight excluding hydrogens is 316 g/mol. The molecule has 3 rings (SSSR count). The lowest BCUT2D eigenvalue weighted by Gasteiger charge is -2.01. The zero-order valence-electron chi connectivity index (χ0n) is 12.8. The first-order valence-electron chi connectivity index (χ1n) is 6.77. The van der Waals surface area contributed by atoms with E-state index in [4.69, 9.17) is 14.7 Å². The number of aryl methyl sites for hydroxylation is 2. The Bertz CT molecular complexity index is 881. The van der Waals surface area contributed by atoms with Crippen LogP contribution in [0, 0.1) is 6.92 Å². The van der Waals surface area contributed by atoms with Crippen molar-refractivity contribution in [3.8, 4) is 11.3 Å². The maximum absolute atomic E-state index is 10.4. The van der Waals surface area contributed by atoms with Gasteiger partial charge in [0.25, 0.3) is 10.1 Å². The minimum atomic E-state index is -4.00. The number of rotatable bonds is 2. The van der Waals surface area contributed by atoms with Crippen molar-refractivity contribution in [3.05, 3.63) is 60.6 Å². The smallest absolute Gasteiger partial charge is 0.296 e. The van der Waals surface area contributed by atoms with Gasteiger partial charge in [-0.1, -0.05) is 12.1 Å². The summed E-state index contributed by atoms with van der Waals surface area (Å²) in [6.07, 6.45) is 4.53. The summed E-state index contributed by atoms with van der Waals surface area (Å²) in [7, 11) is -2.33. The van der Waals surface area contributed by atoms with Gasteiger partial charge in [-0.25, -0.2) is 0 Å². The Kier molecular flexibility index (Phi) is 4.92. The Balaban J connectivity index is 0.000000174. The van der Waals surface area contributed by atoms with E-state index < -0.39 is 10.1 Å². The minimum Gasteiger partial charge on any atom is -0.464 e. The average molecular weight is 334 g/mol. The zero-order valence-corrected chi connectivity index (χ0v) is 13.6. The van der Waals surface area contributed by atoms with E-state index >= 15 is 0 Å². The molecule has 0 spiro atoms. The van der Waals surface area contributed by atoms with Crippen molar-refractivity contribution in [1.29, 1.82) is 0 Å². The number of hydrogen-bond acceptors (Lipinski definition) is 4. The van der Waals surface area contributed by atoms with Gasteiger partial charge in [-0.2, -0.15) is 8.42 Å². The second-order valence-corrected chi connectivity index (χ2v) is 6.46. The van der Waals surface area contributed by atoms with Crippen molar-refractivity contribution in [2.75, 3.05) is 5.73 Å². The third-order valence-corrected chi connectivity index (χ3v) is 4.02. The normalized spacial score (nSPS) is 10.9. The number of nitrogen functional groups attached to an aromatic ring is 1. The van der Waals surface area contributed by atoms with E-state index in [0.29, 0.717) is 0 Å². The van der Waals surface area contributed by atoms with Gasteiger partial charge in [0.15, 0.2) is 0 Å². The van der Waals surface area contributed by atoms with E-state index in [-0.39, 0.29) is 4.90 Å². The van der Waals surface area contributed by atoms with Gasteiger partial charge >= 0.3 is 0 Å². The summed E-state index contributed by atoms with van der Waals surface area (Å²) in [6, 6.07) is 11.0. The van der Waals surface area contributed by atoms with Crippen molar-refractivity contribution in [1.82, 2.24) is 4.57 Å². The quantitative estimate of drug-likeness (QED) is 0.554. The Hall–Kier alpha value is -2.51. The van der Waals surface area contributed by atoms with Crippen LogP contribution in [0.15, 0.2) is 64.4 Å². The van der Waals surface area contributed by atoms with E-state index in [1.165, 1.54) is 12.3 Å². The van der Waals surface area contributed by atoms with Crippen molar-refractivity contribution in [2.45, 2.75) is 11.8 Å². The molecule has 2 aromatic heterocycles. The van der Waals surface area contributed by atoms with Crippen LogP contribution >= 0.6 is 0 Å². The van der Waals surface area contributed by atoms with E-state index in [2.05, 4.69) is 0 Å². The van der Waals surface area contributed by atoms with Gasteiger partial charge in [0.05, 0.1) is 6.26 Å². The highest BCUT2D eigenvalue weighted by molar-refractivity contribution is 7.85. The molecule has 23 heavy (non-hydrogen) atoms. The van der Waals surface area contributed by atoms with Crippen LogP contribution in [0.4, 0.5) is 5.69 Å². The molecule has 0 aliphatic carbocycles.